The summed E-state index contributed by atoms with van der Waals surface area (Å²) in [5, 5.41) is 7.43. The average molecular weight is 605 g/mol. The minimum absolute atomic E-state index is 0.0103. The fourth-order valence-corrected chi connectivity index (χ4v) is 5.65. The molecule has 0 saturated heterocycles. The molecule has 1 aliphatic carbocycles. The molecule has 1 saturated carbocycles. The number of ether oxygens (including phenoxy) is 2. The van der Waals surface area contributed by atoms with Crippen LogP contribution in [0.5, 0.6) is 5.75 Å². The van der Waals surface area contributed by atoms with Crippen LogP contribution in [-0.2, 0) is 33.8 Å². The first kappa shape index (κ1) is 32.7. The van der Waals surface area contributed by atoms with Crippen molar-refractivity contribution in [3.05, 3.63) is 85.7 Å². The highest BCUT2D eigenvalue weighted by molar-refractivity contribution is 5.92. The number of nitrogens with zero attached hydrogens (tertiary/aromatic N) is 3. The second-order valence-corrected chi connectivity index (χ2v) is 12.0. The van der Waals surface area contributed by atoms with Crippen molar-refractivity contribution in [3.8, 4) is 5.75 Å². The summed E-state index contributed by atoms with van der Waals surface area (Å²) in [7, 11) is 0. The van der Waals surface area contributed by atoms with Crippen molar-refractivity contribution in [2.75, 3.05) is 11.9 Å². The Kier molecular flexibility index (Phi) is 10.8. The normalized spacial score (nSPS) is 13.6. The number of hydrogen-bond acceptors (Lipinski definition) is 7. The van der Waals surface area contributed by atoms with Crippen molar-refractivity contribution in [2.24, 2.45) is 0 Å². The molecule has 2 aromatic carbocycles. The molecule has 0 bridgehead atoms. The Morgan fingerprint density at radius 1 is 1.02 bits per heavy atom. The average Bonchev–Trinajstić information content (AvgIpc) is 3.51. The van der Waals surface area contributed by atoms with Gasteiger partial charge in [0.1, 0.15) is 18.0 Å². The second-order valence-electron chi connectivity index (χ2n) is 12.0. The second kappa shape index (κ2) is 14.5. The van der Waals surface area contributed by atoms with Gasteiger partial charge in [-0.05, 0) is 95.5 Å². The molecule has 3 aromatic rings. The van der Waals surface area contributed by atoms with Gasteiger partial charge in [-0.3, -0.25) is 9.59 Å². The van der Waals surface area contributed by atoms with Crippen molar-refractivity contribution in [2.45, 2.75) is 104 Å². The first-order valence-electron chi connectivity index (χ1n) is 15.5. The van der Waals surface area contributed by atoms with Crippen LogP contribution < -0.4 is 21.3 Å². The maximum absolute atomic E-state index is 13.5. The van der Waals surface area contributed by atoms with Gasteiger partial charge in [0.25, 0.3) is 5.56 Å². The van der Waals surface area contributed by atoms with E-state index in [0.717, 1.165) is 59.8 Å². The Labute approximate surface area is 258 Å². The van der Waals surface area contributed by atoms with E-state index in [1.807, 2.05) is 50.2 Å². The number of rotatable bonds is 13. The first-order chi connectivity index (χ1) is 21.0. The maximum atomic E-state index is 13.5. The first-order valence-corrected chi connectivity index (χ1v) is 15.5. The lowest BCUT2D eigenvalue weighted by atomic mass is 10.0. The Balaban J connectivity index is 1.46. The molecule has 1 fully saturated rings. The van der Waals surface area contributed by atoms with E-state index in [2.05, 4.69) is 10.4 Å². The summed E-state index contributed by atoms with van der Waals surface area (Å²) in [6.07, 6.45) is 5.84. The number of para-hydroxylation sites is 1. The highest BCUT2D eigenvalue weighted by atomic mass is 16.6. The summed E-state index contributed by atoms with van der Waals surface area (Å²) in [6, 6.07) is 13.3. The molecule has 0 spiro atoms. The van der Waals surface area contributed by atoms with E-state index in [-0.39, 0.29) is 19.1 Å². The summed E-state index contributed by atoms with van der Waals surface area (Å²) < 4.78 is 13.4. The van der Waals surface area contributed by atoms with E-state index in [4.69, 9.17) is 9.47 Å². The van der Waals surface area contributed by atoms with Gasteiger partial charge in [0.05, 0.1) is 6.61 Å². The minimum Gasteiger partial charge on any atom is -0.476 e. The number of unbranched alkanes of at least 4 members (excludes halogenated alkanes) is 1. The van der Waals surface area contributed by atoms with Crippen LogP contribution in [0.1, 0.15) is 87.6 Å². The predicted molar refractivity (Wildman–Crippen MR) is 169 cm³/mol. The molecule has 0 radical (unpaired) electrons. The van der Waals surface area contributed by atoms with Gasteiger partial charge in [0, 0.05) is 18.2 Å². The molecule has 44 heavy (non-hydrogen) atoms. The van der Waals surface area contributed by atoms with Crippen LogP contribution in [0.4, 0.5) is 5.69 Å². The largest absolute Gasteiger partial charge is 0.476 e. The van der Waals surface area contributed by atoms with Gasteiger partial charge in [0.15, 0.2) is 5.60 Å². The number of carbonyl (C=O) groups is 2. The zero-order valence-corrected chi connectivity index (χ0v) is 26.5. The number of carbonyl (C=O) groups excluding carboxylic acids is 2. The van der Waals surface area contributed by atoms with Gasteiger partial charge in [-0.15, -0.1) is 0 Å². The van der Waals surface area contributed by atoms with Gasteiger partial charge in [0.2, 0.25) is 5.91 Å². The number of nitrogens with one attached hydrogen (secondary N) is 1. The van der Waals surface area contributed by atoms with Crippen molar-refractivity contribution >= 4 is 17.6 Å². The Morgan fingerprint density at radius 2 is 1.70 bits per heavy atom. The van der Waals surface area contributed by atoms with E-state index in [0.29, 0.717) is 30.1 Å². The van der Waals surface area contributed by atoms with E-state index in [1.165, 1.54) is 4.68 Å². The standard InChI is InChI=1S/C34H44N4O6/c1-6-43-32(41)34(4,5)44-27-19-12-16-25(21-27)15-9-10-20-38-33(42)37(31(40)30(36-38)26-17-7-8-18-26)22-28(39)35-29-23(2)13-11-14-24(29)3/h11-14,16,19,21,26H,6-10,15,17-18,20,22H2,1-5H3,(H,35,39). The molecule has 1 heterocycles. The number of hydrogen-bond donors (Lipinski definition) is 1. The zero-order valence-electron chi connectivity index (χ0n) is 26.5. The summed E-state index contributed by atoms with van der Waals surface area (Å²) in [4.78, 5) is 52.2. The highest BCUT2D eigenvalue weighted by Crippen LogP contribution is 2.31. The van der Waals surface area contributed by atoms with Crippen LogP contribution in [0, 0.1) is 13.8 Å². The molecule has 0 unspecified atom stereocenters. The van der Waals surface area contributed by atoms with E-state index >= 15 is 0 Å². The van der Waals surface area contributed by atoms with Crippen molar-refractivity contribution in [1.82, 2.24) is 14.3 Å². The van der Waals surface area contributed by atoms with Crippen LogP contribution in [0.3, 0.4) is 0 Å². The van der Waals surface area contributed by atoms with Gasteiger partial charge in [-0.25, -0.2) is 18.8 Å². The zero-order chi connectivity index (χ0) is 31.9. The van der Waals surface area contributed by atoms with E-state index < -0.39 is 28.7 Å². The number of esters is 1. The van der Waals surface area contributed by atoms with Gasteiger partial charge in [-0.1, -0.05) is 43.2 Å². The number of amides is 1. The molecule has 4 rings (SSSR count). The third-order valence-corrected chi connectivity index (χ3v) is 8.06. The van der Waals surface area contributed by atoms with E-state index in [9.17, 15) is 19.2 Å². The Hall–Kier alpha value is -4.21. The van der Waals surface area contributed by atoms with Crippen molar-refractivity contribution < 1.29 is 19.1 Å². The fourth-order valence-electron chi connectivity index (χ4n) is 5.65. The smallest absolute Gasteiger partial charge is 0.349 e. The molecular formula is C34H44N4O6. The molecule has 0 aliphatic heterocycles. The predicted octanol–water partition coefficient (Wildman–Crippen LogP) is 5.06. The fraction of sp³-hybridized carbons (Fsp3) is 0.500. The molecule has 0 atom stereocenters. The van der Waals surface area contributed by atoms with Gasteiger partial charge in [-0.2, -0.15) is 5.10 Å². The van der Waals surface area contributed by atoms with Gasteiger partial charge >= 0.3 is 11.7 Å². The third kappa shape index (κ3) is 8.03. The number of anilines is 1. The van der Waals surface area contributed by atoms with Crippen LogP contribution in [0.25, 0.3) is 0 Å². The molecule has 1 aromatic heterocycles. The molecule has 236 valence electrons. The van der Waals surface area contributed by atoms with E-state index in [1.54, 1.807) is 26.8 Å². The van der Waals surface area contributed by atoms with Crippen LogP contribution in [-0.4, -0.2) is 38.4 Å². The lowest BCUT2D eigenvalue weighted by Crippen LogP contribution is -2.46. The van der Waals surface area contributed by atoms with Gasteiger partial charge < -0.3 is 14.8 Å². The lowest BCUT2D eigenvalue weighted by Gasteiger charge is -2.24. The Bertz CT molecular complexity index is 1580. The lowest BCUT2D eigenvalue weighted by molar-refractivity contribution is -0.158. The molecular weight excluding hydrogens is 560 g/mol. The molecule has 10 heteroatoms. The van der Waals surface area contributed by atoms with Crippen LogP contribution >= 0.6 is 0 Å². The molecule has 1 amide bonds. The number of aromatic nitrogens is 3. The van der Waals surface area contributed by atoms with Crippen LogP contribution in [0.15, 0.2) is 52.1 Å². The quantitative estimate of drug-likeness (QED) is 0.214. The third-order valence-electron chi connectivity index (χ3n) is 8.06. The van der Waals surface area contributed by atoms with Crippen molar-refractivity contribution in [1.29, 1.82) is 0 Å². The SMILES string of the molecule is CCOC(=O)C(C)(C)Oc1cccc(CCCCn2nc(C3CCCC3)c(=O)n(CC(=O)Nc3c(C)cccc3C)c2=O)c1. The summed E-state index contributed by atoms with van der Waals surface area (Å²) in [6.45, 7) is 9.15. The monoisotopic (exact) mass is 604 g/mol. The summed E-state index contributed by atoms with van der Waals surface area (Å²) in [5.74, 6) is -0.288. The van der Waals surface area contributed by atoms with Crippen LogP contribution in [0.2, 0.25) is 0 Å². The number of benzene rings is 2. The maximum Gasteiger partial charge on any atom is 0.349 e. The number of aryl methyl sites for hydroxylation is 4. The Morgan fingerprint density at radius 3 is 2.39 bits per heavy atom. The summed E-state index contributed by atoms with van der Waals surface area (Å²) >= 11 is 0. The minimum atomic E-state index is -1.11. The van der Waals surface area contributed by atoms with Crippen molar-refractivity contribution in [3.63, 3.8) is 0 Å². The summed E-state index contributed by atoms with van der Waals surface area (Å²) in [5.41, 5.74) is 1.74. The molecule has 10 nitrogen and oxygen atoms in total. The highest BCUT2D eigenvalue weighted by Gasteiger charge is 2.31. The topological polar surface area (TPSA) is 122 Å². The molecule has 1 aliphatic rings. The molecule has 1 N–H and O–H groups in total.